The van der Waals surface area contributed by atoms with Gasteiger partial charge in [-0.3, -0.25) is 9.52 Å². The molecule has 134 valence electrons. The molecular formula is C16H18N2O5S2. The number of anilines is 1. The summed E-state index contributed by atoms with van der Waals surface area (Å²) in [6.07, 6.45) is 2.09. The maximum atomic E-state index is 12.3. The van der Waals surface area contributed by atoms with Crippen LogP contribution >= 0.6 is 0 Å². The summed E-state index contributed by atoms with van der Waals surface area (Å²) in [5, 5.41) is 2.64. The van der Waals surface area contributed by atoms with Crippen molar-refractivity contribution in [2.24, 2.45) is 0 Å². The molecule has 0 bridgehead atoms. The Morgan fingerprint density at radius 3 is 2.28 bits per heavy atom. The molecule has 9 heteroatoms. The van der Waals surface area contributed by atoms with Crippen molar-refractivity contribution in [3.8, 4) is 0 Å². The summed E-state index contributed by atoms with van der Waals surface area (Å²) in [7, 11) is -6.92. The number of amides is 1. The van der Waals surface area contributed by atoms with Gasteiger partial charge >= 0.3 is 0 Å². The van der Waals surface area contributed by atoms with Crippen molar-refractivity contribution in [3.63, 3.8) is 0 Å². The van der Waals surface area contributed by atoms with Gasteiger partial charge in [-0.05, 0) is 29.8 Å². The van der Waals surface area contributed by atoms with Crippen molar-refractivity contribution >= 4 is 31.5 Å². The van der Waals surface area contributed by atoms with Gasteiger partial charge in [0.25, 0.3) is 5.91 Å². The molecule has 0 atom stereocenters. The second-order valence-electron chi connectivity index (χ2n) is 5.53. The Labute approximate surface area is 147 Å². The lowest BCUT2D eigenvalue weighted by Gasteiger charge is -2.10. The quantitative estimate of drug-likeness (QED) is 0.785. The Morgan fingerprint density at radius 1 is 0.960 bits per heavy atom. The van der Waals surface area contributed by atoms with Crippen molar-refractivity contribution in [2.75, 3.05) is 17.2 Å². The maximum absolute atomic E-state index is 12.3. The Kier molecular flexibility index (Phi) is 5.48. The van der Waals surface area contributed by atoms with Crippen molar-refractivity contribution in [2.45, 2.75) is 11.4 Å². The highest BCUT2D eigenvalue weighted by molar-refractivity contribution is 7.92. The van der Waals surface area contributed by atoms with Crippen LogP contribution in [0.5, 0.6) is 0 Å². The molecule has 0 heterocycles. The zero-order valence-electron chi connectivity index (χ0n) is 13.7. The van der Waals surface area contributed by atoms with Gasteiger partial charge in [-0.25, -0.2) is 16.8 Å². The predicted molar refractivity (Wildman–Crippen MR) is 95.6 cm³/mol. The Balaban J connectivity index is 2.15. The summed E-state index contributed by atoms with van der Waals surface area (Å²) < 4.78 is 48.4. The molecule has 0 saturated carbocycles. The minimum atomic E-state index is -3.53. The van der Waals surface area contributed by atoms with E-state index >= 15 is 0 Å². The standard InChI is InChI=1S/C16H18N2O5S2/c1-24(20,21)15-9-4-3-8-14(15)16(19)17-11-12-6-5-7-13(10-12)18-25(2,22)23/h3-10,18H,11H2,1-2H3,(H,17,19). The molecule has 0 radical (unpaired) electrons. The fourth-order valence-corrected chi connectivity index (χ4v) is 3.66. The third-order valence-electron chi connectivity index (χ3n) is 3.21. The van der Waals surface area contributed by atoms with E-state index in [1.807, 2.05) is 0 Å². The van der Waals surface area contributed by atoms with Gasteiger partial charge in [0.15, 0.2) is 9.84 Å². The molecule has 2 aromatic rings. The van der Waals surface area contributed by atoms with Crippen LogP contribution in [0.25, 0.3) is 0 Å². The molecule has 0 spiro atoms. The first-order chi connectivity index (χ1) is 11.6. The first kappa shape index (κ1) is 18.9. The molecule has 2 N–H and O–H groups in total. The van der Waals surface area contributed by atoms with Gasteiger partial charge in [-0.1, -0.05) is 24.3 Å². The number of carbonyl (C=O) groups excluding carboxylic acids is 1. The summed E-state index contributed by atoms with van der Waals surface area (Å²) in [6.45, 7) is 0.121. The van der Waals surface area contributed by atoms with Crippen molar-refractivity contribution in [1.82, 2.24) is 5.32 Å². The summed E-state index contributed by atoms with van der Waals surface area (Å²) in [4.78, 5) is 12.3. The van der Waals surface area contributed by atoms with Gasteiger partial charge < -0.3 is 5.32 Å². The molecule has 2 rings (SSSR count). The number of rotatable bonds is 6. The number of carbonyl (C=O) groups is 1. The summed E-state index contributed by atoms with van der Waals surface area (Å²) in [6, 6.07) is 12.5. The van der Waals surface area contributed by atoms with Gasteiger partial charge in [0.1, 0.15) is 0 Å². The second kappa shape index (κ2) is 7.24. The van der Waals surface area contributed by atoms with Crippen LogP contribution in [0.2, 0.25) is 0 Å². The lowest BCUT2D eigenvalue weighted by Crippen LogP contribution is -2.24. The van der Waals surface area contributed by atoms with Crippen LogP contribution in [0.1, 0.15) is 15.9 Å². The van der Waals surface area contributed by atoms with Crippen LogP contribution in [-0.2, 0) is 26.4 Å². The molecule has 1 amide bonds. The summed E-state index contributed by atoms with van der Waals surface area (Å²) >= 11 is 0. The molecule has 0 fully saturated rings. The van der Waals surface area contributed by atoms with Crippen molar-refractivity contribution in [1.29, 1.82) is 0 Å². The predicted octanol–water partition coefficient (Wildman–Crippen LogP) is 1.39. The average molecular weight is 382 g/mol. The van der Waals surface area contributed by atoms with Crippen molar-refractivity contribution in [3.05, 3.63) is 59.7 Å². The Morgan fingerprint density at radius 2 is 1.64 bits per heavy atom. The Bertz CT molecular complexity index is 999. The highest BCUT2D eigenvalue weighted by Gasteiger charge is 2.17. The van der Waals surface area contributed by atoms with Crippen LogP contribution in [-0.4, -0.2) is 35.3 Å². The highest BCUT2D eigenvalue weighted by atomic mass is 32.2. The molecule has 0 aromatic heterocycles. The van der Waals surface area contributed by atoms with E-state index in [-0.39, 0.29) is 17.0 Å². The highest BCUT2D eigenvalue weighted by Crippen LogP contribution is 2.16. The lowest BCUT2D eigenvalue weighted by molar-refractivity contribution is 0.0947. The molecule has 25 heavy (non-hydrogen) atoms. The molecule has 0 saturated heterocycles. The van der Waals surface area contributed by atoms with Crippen LogP contribution in [0, 0.1) is 0 Å². The van der Waals surface area contributed by atoms with E-state index in [1.54, 1.807) is 36.4 Å². The number of sulfone groups is 1. The van der Waals surface area contributed by atoms with E-state index in [0.717, 1.165) is 12.5 Å². The third-order valence-corrected chi connectivity index (χ3v) is 4.98. The van der Waals surface area contributed by atoms with E-state index in [1.165, 1.54) is 12.1 Å². The largest absolute Gasteiger partial charge is 0.348 e. The van der Waals surface area contributed by atoms with Gasteiger partial charge in [0.05, 0.1) is 16.7 Å². The number of benzene rings is 2. The van der Waals surface area contributed by atoms with Crippen LogP contribution in [0.3, 0.4) is 0 Å². The second-order valence-corrected chi connectivity index (χ2v) is 9.26. The van der Waals surface area contributed by atoms with E-state index < -0.39 is 25.8 Å². The van der Waals surface area contributed by atoms with Crippen molar-refractivity contribution < 1.29 is 21.6 Å². The summed E-state index contributed by atoms with van der Waals surface area (Å²) in [5.74, 6) is -0.525. The van der Waals surface area contributed by atoms with E-state index in [4.69, 9.17) is 0 Å². The average Bonchev–Trinajstić information content (AvgIpc) is 2.50. The number of hydrogen-bond acceptors (Lipinski definition) is 5. The first-order valence-electron chi connectivity index (χ1n) is 7.20. The molecule has 7 nitrogen and oxygen atoms in total. The minimum Gasteiger partial charge on any atom is -0.348 e. The Hall–Kier alpha value is -2.39. The number of hydrogen-bond donors (Lipinski definition) is 2. The fraction of sp³-hybridized carbons (Fsp3) is 0.188. The molecular weight excluding hydrogens is 364 g/mol. The van der Waals surface area contributed by atoms with E-state index in [0.29, 0.717) is 11.3 Å². The summed E-state index contributed by atoms with van der Waals surface area (Å²) in [5.41, 5.74) is 1.11. The lowest BCUT2D eigenvalue weighted by atomic mass is 10.2. The number of nitrogens with one attached hydrogen (secondary N) is 2. The molecule has 0 aliphatic carbocycles. The number of sulfonamides is 1. The van der Waals surface area contributed by atoms with Gasteiger partial charge in [-0.15, -0.1) is 0 Å². The third kappa shape index (κ3) is 5.57. The maximum Gasteiger partial charge on any atom is 0.252 e. The van der Waals surface area contributed by atoms with Gasteiger partial charge in [-0.2, -0.15) is 0 Å². The van der Waals surface area contributed by atoms with Crippen LogP contribution in [0.15, 0.2) is 53.4 Å². The molecule has 0 unspecified atom stereocenters. The normalized spacial score (nSPS) is 11.8. The fourth-order valence-electron chi connectivity index (χ4n) is 2.21. The SMILES string of the molecule is CS(=O)(=O)Nc1cccc(CNC(=O)c2ccccc2S(C)(=O)=O)c1. The van der Waals surface area contributed by atoms with Crippen LogP contribution in [0.4, 0.5) is 5.69 Å². The molecule has 0 aliphatic rings. The first-order valence-corrected chi connectivity index (χ1v) is 11.0. The van der Waals surface area contributed by atoms with Crippen LogP contribution < -0.4 is 10.0 Å². The van der Waals surface area contributed by atoms with Gasteiger partial charge in [0.2, 0.25) is 10.0 Å². The topological polar surface area (TPSA) is 109 Å². The zero-order chi connectivity index (χ0) is 18.7. The van der Waals surface area contributed by atoms with E-state index in [9.17, 15) is 21.6 Å². The zero-order valence-corrected chi connectivity index (χ0v) is 15.3. The smallest absolute Gasteiger partial charge is 0.252 e. The molecule has 0 aliphatic heterocycles. The monoisotopic (exact) mass is 382 g/mol. The minimum absolute atomic E-state index is 0.0417. The van der Waals surface area contributed by atoms with E-state index in [2.05, 4.69) is 10.0 Å². The molecule has 2 aromatic carbocycles. The van der Waals surface area contributed by atoms with Gasteiger partial charge in [0, 0.05) is 18.5 Å².